The molecule has 0 aromatic heterocycles. The number of rotatable bonds is 2. The summed E-state index contributed by atoms with van der Waals surface area (Å²) < 4.78 is 5.69. The molecule has 0 radical (unpaired) electrons. The summed E-state index contributed by atoms with van der Waals surface area (Å²) in [5.41, 5.74) is 0.937. The van der Waals surface area contributed by atoms with Gasteiger partial charge in [-0.1, -0.05) is 37.3 Å². The van der Waals surface area contributed by atoms with Crippen molar-refractivity contribution in [1.29, 1.82) is 0 Å². The summed E-state index contributed by atoms with van der Waals surface area (Å²) in [7, 11) is 1.75. The standard InChI is InChI=1S/C18H24N2O3/c1-13-8-10-20(11-9-13)18(22)17-16(14-6-4-3-5-7-14)19(2)15(21)12-23-17/h3-7,13,16-17H,8-12H2,1-2H3/t16-,17-/m0/s1. The molecule has 0 aliphatic carbocycles. The van der Waals surface area contributed by atoms with Crippen molar-refractivity contribution in [3.05, 3.63) is 35.9 Å². The molecule has 2 amide bonds. The number of carbonyl (C=O) groups is 2. The highest BCUT2D eigenvalue weighted by Crippen LogP contribution is 2.31. The third kappa shape index (κ3) is 3.24. The first-order chi connectivity index (χ1) is 11.1. The van der Waals surface area contributed by atoms with E-state index in [1.807, 2.05) is 35.2 Å². The number of likely N-dealkylation sites (N-methyl/N-ethyl adjacent to an activating group) is 1. The number of amides is 2. The monoisotopic (exact) mass is 316 g/mol. The lowest BCUT2D eigenvalue weighted by atomic mass is 9.95. The number of nitrogens with zero attached hydrogens (tertiary/aromatic N) is 2. The molecule has 23 heavy (non-hydrogen) atoms. The van der Waals surface area contributed by atoms with E-state index in [0.717, 1.165) is 31.5 Å². The van der Waals surface area contributed by atoms with Crippen LogP contribution < -0.4 is 0 Å². The smallest absolute Gasteiger partial charge is 0.254 e. The number of piperidine rings is 1. The number of hydrogen-bond acceptors (Lipinski definition) is 3. The van der Waals surface area contributed by atoms with Crippen molar-refractivity contribution < 1.29 is 14.3 Å². The lowest BCUT2D eigenvalue weighted by Gasteiger charge is -2.41. The van der Waals surface area contributed by atoms with E-state index in [0.29, 0.717) is 5.92 Å². The Morgan fingerprint density at radius 2 is 1.83 bits per heavy atom. The van der Waals surface area contributed by atoms with E-state index in [4.69, 9.17) is 4.74 Å². The Bertz CT molecular complexity index is 567. The zero-order valence-corrected chi connectivity index (χ0v) is 13.8. The first-order valence-electron chi connectivity index (χ1n) is 8.29. The van der Waals surface area contributed by atoms with Crippen LogP contribution in [0.4, 0.5) is 0 Å². The Kier molecular flexibility index (Phi) is 4.66. The molecule has 0 saturated carbocycles. The van der Waals surface area contributed by atoms with Gasteiger partial charge in [0.25, 0.3) is 5.91 Å². The molecule has 3 rings (SSSR count). The largest absolute Gasteiger partial charge is 0.356 e. The number of likely N-dealkylation sites (tertiary alicyclic amines) is 1. The molecular formula is C18H24N2O3. The van der Waals surface area contributed by atoms with Crippen LogP contribution >= 0.6 is 0 Å². The molecule has 2 heterocycles. The highest BCUT2D eigenvalue weighted by molar-refractivity contribution is 5.86. The van der Waals surface area contributed by atoms with Gasteiger partial charge in [-0.3, -0.25) is 9.59 Å². The van der Waals surface area contributed by atoms with Gasteiger partial charge in [0, 0.05) is 20.1 Å². The lowest BCUT2D eigenvalue weighted by Crippen LogP contribution is -2.54. The summed E-state index contributed by atoms with van der Waals surface area (Å²) >= 11 is 0. The fraction of sp³-hybridized carbons (Fsp3) is 0.556. The van der Waals surface area contributed by atoms with Crippen LogP contribution in [0.1, 0.15) is 31.4 Å². The first-order valence-corrected chi connectivity index (χ1v) is 8.29. The summed E-state index contributed by atoms with van der Waals surface area (Å²) in [6.07, 6.45) is 1.44. The average Bonchev–Trinajstić information content (AvgIpc) is 2.58. The van der Waals surface area contributed by atoms with Gasteiger partial charge in [0.05, 0.1) is 6.04 Å². The van der Waals surface area contributed by atoms with Gasteiger partial charge < -0.3 is 14.5 Å². The fourth-order valence-electron chi connectivity index (χ4n) is 3.38. The minimum absolute atomic E-state index is 0.00473. The van der Waals surface area contributed by atoms with Gasteiger partial charge in [0.15, 0.2) is 6.10 Å². The number of carbonyl (C=O) groups excluding carboxylic acids is 2. The fourth-order valence-corrected chi connectivity index (χ4v) is 3.38. The molecule has 2 atom stereocenters. The van der Waals surface area contributed by atoms with Crippen LogP contribution in [-0.4, -0.2) is 54.5 Å². The Hall–Kier alpha value is -1.88. The van der Waals surface area contributed by atoms with Crippen molar-refractivity contribution in [3.63, 3.8) is 0 Å². The van der Waals surface area contributed by atoms with Gasteiger partial charge in [-0.25, -0.2) is 0 Å². The highest BCUT2D eigenvalue weighted by Gasteiger charge is 2.42. The Labute approximate surface area is 137 Å². The van der Waals surface area contributed by atoms with Crippen LogP contribution in [0.3, 0.4) is 0 Å². The van der Waals surface area contributed by atoms with Crippen molar-refractivity contribution in [2.24, 2.45) is 5.92 Å². The maximum atomic E-state index is 13.0. The zero-order valence-electron chi connectivity index (χ0n) is 13.8. The molecule has 0 spiro atoms. The van der Waals surface area contributed by atoms with Crippen LogP contribution in [0.2, 0.25) is 0 Å². The van der Waals surface area contributed by atoms with Crippen LogP contribution in [0.15, 0.2) is 30.3 Å². The molecule has 1 aromatic rings. The van der Waals surface area contributed by atoms with E-state index in [9.17, 15) is 9.59 Å². The molecule has 5 nitrogen and oxygen atoms in total. The highest BCUT2D eigenvalue weighted by atomic mass is 16.5. The van der Waals surface area contributed by atoms with Crippen LogP contribution in [0.5, 0.6) is 0 Å². The summed E-state index contributed by atoms with van der Waals surface area (Å²) in [4.78, 5) is 28.5. The van der Waals surface area contributed by atoms with Crippen molar-refractivity contribution >= 4 is 11.8 Å². The zero-order chi connectivity index (χ0) is 16.4. The van der Waals surface area contributed by atoms with E-state index in [1.54, 1.807) is 11.9 Å². The topological polar surface area (TPSA) is 49.9 Å². The molecule has 0 bridgehead atoms. The van der Waals surface area contributed by atoms with Crippen molar-refractivity contribution in [1.82, 2.24) is 9.80 Å². The molecular weight excluding hydrogens is 292 g/mol. The van der Waals surface area contributed by atoms with Gasteiger partial charge in [0.1, 0.15) is 6.61 Å². The van der Waals surface area contributed by atoms with E-state index < -0.39 is 6.10 Å². The van der Waals surface area contributed by atoms with Gasteiger partial charge in [-0.2, -0.15) is 0 Å². The third-order valence-corrected chi connectivity index (χ3v) is 4.96. The van der Waals surface area contributed by atoms with Gasteiger partial charge in [0.2, 0.25) is 5.91 Å². The van der Waals surface area contributed by atoms with Crippen LogP contribution in [0.25, 0.3) is 0 Å². The molecule has 124 valence electrons. The predicted molar refractivity (Wildman–Crippen MR) is 86.7 cm³/mol. The van der Waals surface area contributed by atoms with E-state index in [-0.39, 0.29) is 24.5 Å². The maximum absolute atomic E-state index is 13.0. The predicted octanol–water partition coefficient (Wildman–Crippen LogP) is 1.84. The number of benzene rings is 1. The van der Waals surface area contributed by atoms with Crippen LogP contribution in [-0.2, 0) is 14.3 Å². The second-order valence-electron chi connectivity index (χ2n) is 6.60. The Morgan fingerprint density at radius 1 is 1.17 bits per heavy atom. The summed E-state index contributed by atoms with van der Waals surface area (Å²) in [6.45, 7) is 3.75. The van der Waals surface area contributed by atoms with Gasteiger partial charge >= 0.3 is 0 Å². The van der Waals surface area contributed by atoms with Gasteiger partial charge in [-0.15, -0.1) is 0 Å². The Balaban J connectivity index is 1.83. The molecule has 5 heteroatoms. The quantitative estimate of drug-likeness (QED) is 0.836. The number of ether oxygens (including phenoxy) is 1. The molecule has 2 aliphatic heterocycles. The van der Waals surface area contributed by atoms with Crippen molar-refractivity contribution in [2.45, 2.75) is 31.9 Å². The third-order valence-electron chi connectivity index (χ3n) is 4.96. The summed E-state index contributed by atoms with van der Waals surface area (Å²) in [6, 6.07) is 9.31. The summed E-state index contributed by atoms with van der Waals surface area (Å²) in [5, 5.41) is 0. The van der Waals surface area contributed by atoms with Crippen LogP contribution in [0, 0.1) is 5.92 Å². The van der Waals surface area contributed by atoms with E-state index in [2.05, 4.69) is 6.92 Å². The molecule has 0 N–H and O–H groups in total. The first kappa shape index (κ1) is 16.0. The molecule has 2 saturated heterocycles. The van der Waals surface area contributed by atoms with Crippen molar-refractivity contribution in [2.75, 3.05) is 26.7 Å². The molecule has 1 aromatic carbocycles. The SMILES string of the molecule is CC1CCN(C(=O)[C@H]2OCC(=O)N(C)[C@H]2c2ccccc2)CC1. The minimum atomic E-state index is -0.617. The Morgan fingerprint density at radius 3 is 2.48 bits per heavy atom. The number of hydrogen-bond donors (Lipinski definition) is 0. The molecule has 2 fully saturated rings. The molecule has 2 aliphatic rings. The number of morpholine rings is 1. The normalized spacial score (nSPS) is 26.4. The van der Waals surface area contributed by atoms with Gasteiger partial charge in [-0.05, 0) is 24.3 Å². The minimum Gasteiger partial charge on any atom is -0.356 e. The second-order valence-corrected chi connectivity index (χ2v) is 6.60. The van der Waals surface area contributed by atoms with E-state index >= 15 is 0 Å². The lowest BCUT2D eigenvalue weighted by molar-refractivity contribution is -0.168. The van der Waals surface area contributed by atoms with E-state index in [1.165, 1.54) is 0 Å². The molecule has 0 unspecified atom stereocenters. The average molecular weight is 316 g/mol. The summed E-state index contributed by atoms with van der Waals surface area (Å²) in [5.74, 6) is 0.584. The maximum Gasteiger partial charge on any atom is 0.254 e. The van der Waals surface area contributed by atoms with Crippen molar-refractivity contribution in [3.8, 4) is 0 Å². The second kappa shape index (κ2) is 6.71.